The Hall–Kier alpha value is -0.160. The van der Waals surface area contributed by atoms with Crippen molar-refractivity contribution in [3.63, 3.8) is 0 Å². The molecule has 74 valence electrons. The van der Waals surface area contributed by atoms with Crippen LogP contribution in [0.1, 0.15) is 6.42 Å². The molecule has 0 aromatic heterocycles. The molecule has 2 atom stereocenters. The van der Waals surface area contributed by atoms with Gasteiger partial charge in [-0.15, -0.1) is 0 Å². The molecule has 4 nitrogen and oxygen atoms in total. The smallest absolute Gasteiger partial charge is 0.109 e. The van der Waals surface area contributed by atoms with Crippen molar-refractivity contribution in [2.75, 3.05) is 34.7 Å². The molecule has 0 fully saturated rings. The molecule has 0 spiro atoms. The van der Waals surface area contributed by atoms with Crippen LogP contribution in [0.2, 0.25) is 0 Å². The molecule has 0 aliphatic rings. The highest BCUT2D eigenvalue weighted by atomic mass is 16.3. The van der Waals surface area contributed by atoms with E-state index in [1.807, 2.05) is 19.0 Å². The fraction of sp³-hybridized carbons (Fsp3) is 1.00. The van der Waals surface area contributed by atoms with Gasteiger partial charge in [0.1, 0.15) is 6.23 Å². The van der Waals surface area contributed by atoms with Crippen LogP contribution in [0.25, 0.3) is 0 Å². The summed E-state index contributed by atoms with van der Waals surface area (Å²) in [7, 11) is 7.36. The van der Waals surface area contributed by atoms with Gasteiger partial charge in [0.25, 0.3) is 0 Å². The quantitative estimate of drug-likeness (QED) is 0.537. The lowest BCUT2D eigenvalue weighted by Gasteiger charge is -2.23. The maximum absolute atomic E-state index is 9.41. The minimum atomic E-state index is -0.556. The summed E-state index contributed by atoms with van der Waals surface area (Å²) in [6.07, 6.45) is -0.622. The van der Waals surface area contributed by atoms with Crippen LogP contribution in [0.4, 0.5) is 0 Å². The normalized spacial score (nSPS) is 17.0. The summed E-state index contributed by atoms with van der Waals surface area (Å²) >= 11 is 0. The van der Waals surface area contributed by atoms with Crippen LogP contribution in [0.5, 0.6) is 0 Å². The van der Waals surface area contributed by atoms with Gasteiger partial charge in [0.05, 0.1) is 6.10 Å². The molecule has 4 heteroatoms. The maximum Gasteiger partial charge on any atom is 0.109 e. The average Bonchev–Trinajstić information content (AvgIpc) is 1.84. The number of aliphatic hydroxyl groups is 2. The third-order valence-corrected chi connectivity index (χ3v) is 1.65. The van der Waals surface area contributed by atoms with E-state index in [2.05, 4.69) is 0 Å². The van der Waals surface area contributed by atoms with Gasteiger partial charge in [0.15, 0.2) is 0 Å². The van der Waals surface area contributed by atoms with E-state index in [0.29, 0.717) is 13.0 Å². The topological polar surface area (TPSA) is 46.9 Å². The second-order valence-electron chi connectivity index (χ2n) is 3.60. The molecule has 0 heterocycles. The monoisotopic (exact) mass is 176 g/mol. The highest BCUT2D eigenvalue weighted by molar-refractivity contribution is 4.63. The first-order valence-corrected chi connectivity index (χ1v) is 4.10. The van der Waals surface area contributed by atoms with E-state index < -0.39 is 12.3 Å². The lowest BCUT2D eigenvalue weighted by Crippen LogP contribution is -2.35. The number of hydrogen-bond acceptors (Lipinski definition) is 4. The molecule has 2 unspecified atom stereocenters. The van der Waals surface area contributed by atoms with Crippen molar-refractivity contribution in [2.45, 2.75) is 18.8 Å². The van der Waals surface area contributed by atoms with Crippen molar-refractivity contribution in [3.8, 4) is 0 Å². The van der Waals surface area contributed by atoms with Crippen molar-refractivity contribution in [2.24, 2.45) is 0 Å². The molecule has 12 heavy (non-hydrogen) atoms. The van der Waals surface area contributed by atoms with E-state index in [0.717, 1.165) is 0 Å². The van der Waals surface area contributed by atoms with E-state index in [1.54, 1.807) is 19.0 Å². The third kappa shape index (κ3) is 5.49. The van der Waals surface area contributed by atoms with E-state index in [-0.39, 0.29) is 0 Å². The number of rotatable bonds is 5. The highest BCUT2D eigenvalue weighted by Crippen LogP contribution is 2.01. The van der Waals surface area contributed by atoms with Crippen LogP contribution in [0.3, 0.4) is 0 Å². The van der Waals surface area contributed by atoms with Crippen LogP contribution in [-0.4, -0.2) is 67.1 Å². The Morgan fingerprint density at radius 3 is 1.92 bits per heavy atom. The summed E-state index contributed by atoms with van der Waals surface area (Å²) in [5, 5.41) is 18.8. The Labute approximate surface area is 74.4 Å². The van der Waals surface area contributed by atoms with Gasteiger partial charge in [0.2, 0.25) is 0 Å². The Kier molecular flexibility index (Phi) is 5.41. The van der Waals surface area contributed by atoms with Gasteiger partial charge in [-0.05, 0) is 28.2 Å². The number of aliphatic hydroxyl groups excluding tert-OH is 2. The zero-order valence-electron chi connectivity index (χ0n) is 8.36. The van der Waals surface area contributed by atoms with Gasteiger partial charge in [-0.3, -0.25) is 4.90 Å². The lowest BCUT2D eigenvalue weighted by molar-refractivity contribution is -0.00964. The predicted molar refractivity (Wildman–Crippen MR) is 48.9 cm³/mol. The fourth-order valence-electron chi connectivity index (χ4n) is 0.950. The average molecular weight is 176 g/mol. The molecule has 0 bridgehead atoms. The highest BCUT2D eigenvalue weighted by Gasteiger charge is 2.13. The first-order valence-electron chi connectivity index (χ1n) is 4.10. The fourth-order valence-corrected chi connectivity index (χ4v) is 0.950. The van der Waals surface area contributed by atoms with Crippen LogP contribution in [0.15, 0.2) is 0 Å². The lowest BCUT2D eigenvalue weighted by atomic mass is 10.2. The molecule has 0 saturated heterocycles. The van der Waals surface area contributed by atoms with Crippen molar-refractivity contribution in [1.82, 2.24) is 9.80 Å². The van der Waals surface area contributed by atoms with Gasteiger partial charge in [-0.1, -0.05) is 0 Å². The maximum atomic E-state index is 9.41. The van der Waals surface area contributed by atoms with Crippen LogP contribution in [0, 0.1) is 0 Å². The molecule has 0 rings (SSSR count). The molecule has 0 aliphatic heterocycles. The minimum absolute atomic E-state index is 0.394. The Balaban J connectivity index is 3.61. The number of nitrogens with zero attached hydrogens (tertiary/aromatic N) is 2. The Morgan fingerprint density at radius 1 is 1.08 bits per heavy atom. The first-order chi connectivity index (χ1) is 5.43. The van der Waals surface area contributed by atoms with Gasteiger partial charge < -0.3 is 15.1 Å². The van der Waals surface area contributed by atoms with Crippen molar-refractivity contribution >= 4 is 0 Å². The second-order valence-corrected chi connectivity index (χ2v) is 3.60. The standard InChI is InChI=1S/C8H20N2O2/c1-9(2)6-7(11)5-8(12)10(3)4/h7-8,11-12H,5-6H2,1-4H3. The van der Waals surface area contributed by atoms with Crippen molar-refractivity contribution in [3.05, 3.63) is 0 Å². The summed E-state index contributed by atoms with van der Waals surface area (Å²) in [5.74, 6) is 0. The van der Waals surface area contributed by atoms with Crippen LogP contribution < -0.4 is 0 Å². The summed E-state index contributed by atoms with van der Waals surface area (Å²) in [6.45, 7) is 0.588. The van der Waals surface area contributed by atoms with Crippen molar-refractivity contribution in [1.29, 1.82) is 0 Å². The van der Waals surface area contributed by atoms with Crippen molar-refractivity contribution < 1.29 is 10.2 Å². The van der Waals surface area contributed by atoms with Crippen LogP contribution in [-0.2, 0) is 0 Å². The molecule has 0 aromatic rings. The number of hydrogen-bond donors (Lipinski definition) is 2. The molecule has 2 N–H and O–H groups in total. The number of likely N-dealkylation sites (N-methyl/N-ethyl adjacent to an activating group) is 1. The Bertz CT molecular complexity index is 118. The zero-order chi connectivity index (χ0) is 9.72. The predicted octanol–water partition coefficient (Wildman–Crippen LogP) is -0.821. The van der Waals surface area contributed by atoms with Gasteiger partial charge in [0, 0.05) is 13.0 Å². The largest absolute Gasteiger partial charge is 0.392 e. The van der Waals surface area contributed by atoms with Gasteiger partial charge in [-0.2, -0.15) is 0 Å². The summed E-state index contributed by atoms with van der Waals surface area (Å²) in [6, 6.07) is 0. The summed E-state index contributed by atoms with van der Waals surface area (Å²) in [5.41, 5.74) is 0. The van der Waals surface area contributed by atoms with Gasteiger partial charge in [-0.25, -0.2) is 0 Å². The molecule has 0 saturated carbocycles. The molecule has 0 aliphatic carbocycles. The molecule has 0 aromatic carbocycles. The van der Waals surface area contributed by atoms with E-state index in [4.69, 9.17) is 0 Å². The van der Waals surface area contributed by atoms with E-state index in [1.165, 1.54) is 0 Å². The SMILES string of the molecule is CN(C)CC(O)CC(O)N(C)C. The molecular formula is C8H20N2O2. The van der Waals surface area contributed by atoms with E-state index >= 15 is 0 Å². The molecular weight excluding hydrogens is 156 g/mol. The zero-order valence-corrected chi connectivity index (χ0v) is 8.36. The molecule has 0 amide bonds. The first kappa shape index (κ1) is 11.8. The second kappa shape index (κ2) is 5.48. The Morgan fingerprint density at radius 2 is 1.58 bits per heavy atom. The minimum Gasteiger partial charge on any atom is -0.392 e. The van der Waals surface area contributed by atoms with Crippen LogP contribution >= 0.6 is 0 Å². The third-order valence-electron chi connectivity index (χ3n) is 1.65. The van der Waals surface area contributed by atoms with Gasteiger partial charge >= 0.3 is 0 Å². The summed E-state index contributed by atoms with van der Waals surface area (Å²) < 4.78 is 0. The summed E-state index contributed by atoms with van der Waals surface area (Å²) in [4.78, 5) is 3.58. The molecule has 0 radical (unpaired) electrons. The van der Waals surface area contributed by atoms with E-state index in [9.17, 15) is 10.2 Å².